The molecule has 17 heavy (non-hydrogen) atoms. The standard InChI is InChI=1S/C13H18N2O2/c1-9-2-3-13(14-6-9)17-12-4-10-7-16-8-11(5-12)15-10/h2-3,6,10-12,15H,4-5,7-8H2,1H3/t10-,11+,12?. The zero-order valence-corrected chi connectivity index (χ0v) is 10.1. The highest BCUT2D eigenvalue weighted by Crippen LogP contribution is 2.22. The predicted molar refractivity (Wildman–Crippen MR) is 64.2 cm³/mol. The van der Waals surface area contributed by atoms with Gasteiger partial charge in [-0.2, -0.15) is 0 Å². The summed E-state index contributed by atoms with van der Waals surface area (Å²) in [6, 6.07) is 4.87. The number of morpholine rings is 1. The van der Waals surface area contributed by atoms with Crippen LogP contribution >= 0.6 is 0 Å². The van der Waals surface area contributed by atoms with E-state index in [-0.39, 0.29) is 6.10 Å². The van der Waals surface area contributed by atoms with Gasteiger partial charge in [-0.05, 0) is 12.5 Å². The van der Waals surface area contributed by atoms with E-state index in [4.69, 9.17) is 9.47 Å². The van der Waals surface area contributed by atoms with Crippen molar-refractivity contribution in [3.05, 3.63) is 23.9 Å². The summed E-state index contributed by atoms with van der Waals surface area (Å²) in [5, 5.41) is 3.55. The monoisotopic (exact) mass is 234 g/mol. The van der Waals surface area contributed by atoms with Gasteiger partial charge in [0.15, 0.2) is 0 Å². The van der Waals surface area contributed by atoms with Crippen molar-refractivity contribution >= 4 is 0 Å². The molecule has 0 amide bonds. The Morgan fingerprint density at radius 3 is 2.71 bits per heavy atom. The van der Waals surface area contributed by atoms with E-state index >= 15 is 0 Å². The van der Waals surface area contributed by atoms with Crippen LogP contribution in [0.3, 0.4) is 0 Å². The summed E-state index contributed by atoms with van der Waals surface area (Å²) < 4.78 is 11.5. The van der Waals surface area contributed by atoms with Crippen LogP contribution in [-0.4, -0.2) is 36.4 Å². The minimum Gasteiger partial charge on any atom is -0.474 e. The number of pyridine rings is 1. The van der Waals surface area contributed by atoms with Crippen molar-refractivity contribution in [1.82, 2.24) is 10.3 Å². The number of nitrogens with zero attached hydrogens (tertiary/aromatic N) is 1. The fourth-order valence-electron chi connectivity index (χ4n) is 2.58. The third kappa shape index (κ3) is 2.58. The summed E-state index contributed by atoms with van der Waals surface area (Å²) in [4.78, 5) is 4.29. The highest BCUT2D eigenvalue weighted by Gasteiger charge is 2.32. The number of ether oxygens (including phenoxy) is 2. The minimum atomic E-state index is 0.269. The third-order valence-corrected chi connectivity index (χ3v) is 3.38. The average Bonchev–Trinajstić information content (AvgIpc) is 2.32. The fraction of sp³-hybridized carbons (Fsp3) is 0.615. The van der Waals surface area contributed by atoms with Crippen molar-refractivity contribution in [3.8, 4) is 5.88 Å². The van der Waals surface area contributed by atoms with E-state index in [0.29, 0.717) is 12.1 Å². The molecule has 2 bridgehead atoms. The van der Waals surface area contributed by atoms with E-state index in [1.54, 1.807) is 0 Å². The van der Waals surface area contributed by atoms with Crippen LogP contribution in [0.2, 0.25) is 0 Å². The molecule has 4 nitrogen and oxygen atoms in total. The molecule has 0 aromatic carbocycles. The Morgan fingerprint density at radius 2 is 2.06 bits per heavy atom. The van der Waals surface area contributed by atoms with E-state index < -0.39 is 0 Å². The van der Waals surface area contributed by atoms with Crippen LogP contribution in [-0.2, 0) is 4.74 Å². The number of fused-ring (bicyclic) bond motifs is 2. The second-order valence-electron chi connectivity index (χ2n) is 4.98. The van der Waals surface area contributed by atoms with Gasteiger partial charge in [-0.3, -0.25) is 0 Å². The van der Waals surface area contributed by atoms with Crippen LogP contribution in [0.25, 0.3) is 0 Å². The first-order valence-electron chi connectivity index (χ1n) is 6.23. The average molecular weight is 234 g/mol. The van der Waals surface area contributed by atoms with Gasteiger partial charge in [0.2, 0.25) is 5.88 Å². The van der Waals surface area contributed by atoms with Crippen LogP contribution in [0.15, 0.2) is 18.3 Å². The maximum absolute atomic E-state index is 5.94. The highest BCUT2D eigenvalue weighted by molar-refractivity contribution is 5.16. The molecule has 2 aliphatic heterocycles. The van der Waals surface area contributed by atoms with Gasteiger partial charge in [0.05, 0.1) is 13.2 Å². The Hall–Kier alpha value is -1.13. The molecule has 2 fully saturated rings. The SMILES string of the molecule is Cc1ccc(OC2C[C@H]3COC[C@@H](C2)N3)nc1. The molecule has 4 heteroatoms. The van der Waals surface area contributed by atoms with Crippen LogP contribution in [0.5, 0.6) is 5.88 Å². The Labute approximate surface area is 101 Å². The number of hydrogen-bond acceptors (Lipinski definition) is 4. The van der Waals surface area contributed by atoms with Crippen LogP contribution in [0, 0.1) is 6.92 Å². The quantitative estimate of drug-likeness (QED) is 0.837. The minimum absolute atomic E-state index is 0.269. The summed E-state index contributed by atoms with van der Waals surface area (Å²) in [5.74, 6) is 0.737. The first kappa shape index (κ1) is 11.0. The lowest BCUT2D eigenvalue weighted by atomic mass is 9.95. The van der Waals surface area contributed by atoms with E-state index in [1.165, 1.54) is 0 Å². The van der Waals surface area contributed by atoms with Crippen molar-refractivity contribution in [2.24, 2.45) is 0 Å². The Kier molecular flexibility index (Phi) is 2.99. The normalized spacial score (nSPS) is 32.2. The van der Waals surface area contributed by atoms with Gasteiger partial charge in [-0.15, -0.1) is 0 Å². The van der Waals surface area contributed by atoms with Crippen LogP contribution in [0.1, 0.15) is 18.4 Å². The van der Waals surface area contributed by atoms with Crippen molar-refractivity contribution in [3.63, 3.8) is 0 Å². The summed E-state index contributed by atoms with van der Waals surface area (Å²) in [6.07, 6.45) is 4.13. The van der Waals surface area contributed by atoms with Gasteiger partial charge in [0.1, 0.15) is 6.10 Å². The Morgan fingerprint density at radius 1 is 1.29 bits per heavy atom. The molecule has 2 aliphatic rings. The molecule has 1 N–H and O–H groups in total. The molecular formula is C13H18N2O2. The van der Waals surface area contributed by atoms with Crippen molar-refractivity contribution in [2.45, 2.75) is 38.0 Å². The van der Waals surface area contributed by atoms with Crippen molar-refractivity contribution in [1.29, 1.82) is 0 Å². The molecule has 3 rings (SSSR count). The molecule has 0 saturated carbocycles. The number of aromatic nitrogens is 1. The molecule has 0 radical (unpaired) electrons. The smallest absolute Gasteiger partial charge is 0.213 e. The van der Waals surface area contributed by atoms with E-state index in [9.17, 15) is 0 Å². The number of aryl methyl sites for hydroxylation is 1. The Balaban J connectivity index is 1.63. The first-order valence-corrected chi connectivity index (χ1v) is 6.23. The summed E-state index contributed by atoms with van der Waals surface area (Å²) in [6.45, 7) is 3.64. The largest absolute Gasteiger partial charge is 0.474 e. The lowest BCUT2D eigenvalue weighted by Gasteiger charge is -2.39. The van der Waals surface area contributed by atoms with Gasteiger partial charge < -0.3 is 14.8 Å². The molecule has 0 spiro atoms. The molecular weight excluding hydrogens is 216 g/mol. The maximum Gasteiger partial charge on any atom is 0.213 e. The molecule has 0 aliphatic carbocycles. The zero-order valence-electron chi connectivity index (χ0n) is 10.1. The van der Waals surface area contributed by atoms with Gasteiger partial charge in [0.25, 0.3) is 0 Å². The lowest BCUT2D eigenvalue weighted by molar-refractivity contribution is -0.0132. The number of hydrogen-bond donors (Lipinski definition) is 1. The maximum atomic E-state index is 5.94. The first-order chi connectivity index (χ1) is 8.29. The molecule has 1 aromatic rings. The summed E-state index contributed by atoms with van der Waals surface area (Å²) >= 11 is 0. The third-order valence-electron chi connectivity index (χ3n) is 3.38. The van der Waals surface area contributed by atoms with Crippen LogP contribution in [0.4, 0.5) is 0 Å². The van der Waals surface area contributed by atoms with Gasteiger partial charge >= 0.3 is 0 Å². The van der Waals surface area contributed by atoms with Gasteiger partial charge in [-0.1, -0.05) is 6.07 Å². The molecule has 3 atom stereocenters. The fourth-order valence-corrected chi connectivity index (χ4v) is 2.58. The van der Waals surface area contributed by atoms with Crippen molar-refractivity contribution < 1.29 is 9.47 Å². The molecule has 1 unspecified atom stereocenters. The van der Waals surface area contributed by atoms with E-state index in [2.05, 4.69) is 10.3 Å². The van der Waals surface area contributed by atoms with E-state index in [1.807, 2.05) is 25.3 Å². The van der Waals surface area contributed by atoms with Crippen molar-refractivity contribution in [2.75, 3.05) is 13.2 Å². The number of rotatable bonds is 2. The number of piperidine rings is 1. The zero-order chi connectivity index (χ0) is 11.7. The second kappa shape index (κ2) is 4.63. The molecule has 92 valence electrons. The van der Waals surface area contributed by atoms with Gasteiger partial charge in [-0.25, -0.2) is 4.98 Å². The Bertz CT molecular complexity index is 368. The second-order valence-corrected chi connectivity index (χ2v) is 4.98. The predicted octanol–water partition coefficient (Wildman–Crippen LogP) is 1.29. The topological polar surface area (TPSA) is 43.4 Å². The van der Waals surface area contributed by atoms with Gasteiger partial charge in [0, 0.05) is 37.2 Å². The molecule has 3 heterocycles. The number of nitrogens with one attached hydrogen (secondary N) is 1. The lowest BCUT2D eigenvalue weighted by Crippen LogP contribution is -2.56. The summed E-state index contributed by atoms with van der Waals surface area (Å²) in [7, 11) is 0. The highest BCUT2D eigenvalue weighted by atomic mass is 16.5. The molecule has 2 saturated heterocycles. The summed E-state index contributed by atoms with van der Waals surface area (Å²) in [5.41, 5.74) is 1.16. The molecule has 1 aromatic heterocycles. The van der Waals surface area contributed by atoms with E-state index in [0.717, 1.165) is 37.5 Å². The van der Waals surface area contributed by atoms with Crippen LogP contribution < -0.4 is 10.1 Å².